The maximum Gasteiger partial charge on any atom is 0.305 e. The van der Waals surface area contributed by atoms with Crippen LogP contribution in [-0.2, 0) is 20.9 Å². The van der Waals surface area contributed by atoms with E-state index in [2.05, 4.69) is 10.1 Å². The maximum atomic E-state index is 11.7. The normalized spacial score (nSPS) is 10.5. The van der Waals surface area contributed by atoms with Gasteiger partial charge in [0.2, 0.25) is 5.91 Å². The predicted octanol–water partition coefficient (Wildman–Crippen LogP) is 1.84. The fourth-order valence-electron chi connectivity index (χ4n) is 1.82. The average Bonchev–Trinajstić information content (AvgIpc) is 2.45. The van der Waals surface area contributed by atoms with Crippen LogP contribution in [0.25, 0.3) is 0 Å². The largest absolute Gasteiger partial charge is 0.469 e. The Kier molecular flexibility index (Phi) is 7.79. The Balaban J connectivity index is 2.21. The molecule has 1 rings (SSSR count). The van der Waals surface area contributed by atoms with Crippen LogP contribution in [0.15, 0.2) is 24.3 Å². The van der Waals surface area contributed by atoms with Gasteiger partial charge >= 0.3 is 5.97 Å². The van der Waals surface area contributed by atoms with E-state index in [4.69, 9.17) is 11.6 Å². The molecule has 0 aliphatic rings. The summed E-state index contributed by atoms with van der Waals surface area (Å²) < 4.78 is 4.53. The van der Waals surface area contributed by atoms with Crippen molar-refractivity contribution in [2.75, 3.05) is 27.2 Å². The molecule has 1 N–H and O–H groups in total. The van der Waals surface area contributed by atoms with Crippen LogP contribution in [-0.4, -0.2) is 44.0 Å². The lowest BCUT2D eigenvalue weighted by Crippen LogP contribution is -2.35. The summed E-state index contributed by atoms with van der Waals surface area (Å²) in [5.41, 5.74) is 1.10. The molecule has 0 atom stereocenters. The predicted molar refractivity (Wildman–Crippen MR) is 82.0 cm³/mol. The van der Waals surface area contributed by atoms with Crippen LogP contribution in [0.5, 0.6) is 0 Å². The first-order valence-corrected chi connectivity index (χ1v) is 7.15. The number of benzene rings is 1. The fourth-order valence-corrected chi connectivity index (χ4v) is 1.95. The highest BCUT2D eigenvalue weighted by atomic mass is 35.5. The smallest absolute Gasteiger partial charge is 0.305 e. The minimum absolute atomic E-state index is 0.0590. The molecule has 116 valence electrons. The van der Waals surface area contributed by atoms with Gasteiger partial charge in [0, 0.05) is 24.5 Å². The van der Waals surface area contributed by atoms with Crippen molar-refractivity contribution >= 4 is 23.5 Å². The highest BCUT2D eigenvalue weighted by Gasteiger charge is 2.07. The van der Waals surface area contributed by atoms with Crippen LogP contribution in [0.4, 0.5) is 0 Å². The Morgan fingerprint density at radius 2 is 1.95 bits per heavy atom. The standard InChI is InChI=1S/C15H21ClN2O3/c1-18(10-12-5-7-13(16)8-6-12)11-14(19)17-9-3-4-15(20)21-2/h5-8H,3-4,9-11H2,1-2H3,(H,17,19). The molecule has 5 nitrogen and oxygen atoms in total. The van der Waals surface area contributed by atoms with Crippen molar-refractivity contribution in [3.05, 3.63) is 34.9 Å². The zero-order valence-electron chi connectivity index (χ0n) is 12.4. The minimum Gasteiger partial charge on any atom is -0.469 e. The molecule has 21 heavy (non-hydrogen) atoms. The molecule has 0 aromatic heterocycles. The molecule has 0 unspecified atom stereocenters. The van der Waals surface area contributed by atoms with E-state index in [-0.39, 0.29) is 11.9 Å². The Bertz CT molecular complexity index is 462. The Labute approximate surface area is 130 Å². The van der Waals surface area contributed by atoms with Crippen molar-refractivity contribution in [2.24, 2.45) is 0 Å². The zero-order chi connectivity index (χ0) is 15.7. The van der Waals surface area contributed by atoms with E-state index in [1.54, 1.807) is 0 Å². The van der Waals surface area contributed by atoms with Gasteiger partial charge in [-0.25, -0.2) is 0 Å². The van der Waals surface area contributed by atoms with Crippen LogP contribution in [0, 0.1) is 0 Å². The third-order valence-corrected chi connectivity index (χ3v) is 3.14. The first kappa shape index (κ1) is 17.5. The number of hydrogen-bond acceptors (Lipinski definition) is 4. The van der Waals surface area contributed by atoms with Crippen molar-refractivity contribution in [3.8, 4) is 0 Å². The molecule has 6 heteroatoms. The minimum atomic E-state index is -0.260. The molecule has 0 aliphatic heterocycles. The molecule has 0 saturated heterocycles. The van der Waals surface area contributed by atoms with Crippen molar-refractivity contribution in [3.63, 3.8) is 0 Å². The lowest BCUT2D eigenvalue weighted by Gasteiger charge is -2.16. The van der Waals surface area contributed by atoms with E-state index in [9.17, 15) is 9.59 Å². The second-order valence-corrected chi connectivity index (χ2v) is 5.26. The number of nitrogens with one attached hydrogen (secondary N) is 1. The van der Waals surface area contributed by atoms with Crippen LogP contribution in [0.2, 0.25) is 5.02 Å². The summed E-state index contributed by atoms with van der Waals surface area (Å²) in [7, 11) is 3.23. The number of nitrogens with zero attached hydrogens (tertiary/aromatic N) is 1. The number of likely N-dealkylation sites (N-methyl/N-ethyl adjacent to an activating group) is 1. The summed E-state index contributed by atoms with van der Waals surface area (Å²) in [6, 6.07) is 7.54. The van der Waals surface area contributed by atoms with Gasteiger partial charge in [-0.2, -0.15) is 0 Å². The number of ether oxygens (including phenoxy) is 1. The van der Waals surface area contributed by atoms with Gasteiger partial charge in [0.25, 0.3) is 0 Å². The Morgan fingerprint density at radius 1 is 1.29 bits per heavy atom. The molecule has 1 amide bonds. The summed E-state index contributed by atoms with van der Waals surface area (Å²) in [6.45, 7) is 1.45. The number of carbonyl (C=O) groups is 2. The topological polar surface area (TPSA) is 58.6 Å². The van der Waals surface area contributed by atoms with Gasteiger partial charge in [-0.05, 0) is 31.2 Å². The molecule has 1 aromatic rings. The van der Waals surface area contributed by atoms with Gasteiger partial charge in [-0.15, -0.1) is 0 Å². The fraction of sp³-hybridized carbons (Fsp3) is 0.467. The van der Waals surface area contributed by atoms with E-state index >= 15 is 0 Å². The second kappa shape index (κ2) is 9.37. The average molecular weight is 313 g/mol. The lowest BCUT2D eigenvalue weighted by atomic mass is 10.2. The third kappa shape index (κ3) is 7.68. The summed E-state index contributed by atoms with van der Waals surface area (Å²) in [5.74, 6) is -0.319. The molecule has 0 fully saturated rings. The van der Waals surface area contributed by atoms with Crippen LogP contribution < -0.4 is 5.32 Å². The van der Waals surface area contributed by atoms with E-state index in [1.807, 2.05) is 36.2 Å². The van der Waals surface area contributed by atoms with Gasteiger partial charge in [0.05, 0.1) is 13.7 Å². The maximum absolute atomic E-state index is 11.7. The highest BCUT2D eigenvalue weighted by Crippen LogP contribution is 2.10. The quantitative estimate of drug-likeness (QED) is 0.588. The lowest BCUT2D eigenvalue weighted by molar-refractivity contribution is -0.140. The summed E-state index contributed by atoms with van der Waals surface area (Å²) in [5, 5.41) is 3.48. The number of halogens is 1. The van der Waals surface area contributed by atoms with Gasteiger partial charge in [0.1, 0.15) is 0 Å². The van der Waals surface area contributed by atoms with Crippen LogP contribution in [0.1, 0.15) is 18.4 Å². The Morgan fingerprint density at radius 3 is 2.57 bits per heavy atom. The first-order chi connectivity index (χ1) is 10.0. The second-order valence-electron chi connectivity index (χ2n) is 4.83. The molecule has 0 saturated carbocycles. The van der Waals surface area contributed by atoms with E-state index < -0.39 is 0 Å². The van der Waals surface area contributed by atoms with Crippen molar-refractivity contribution in [1.82, 2.24) is 10.2 Å². The summed E-state index contributed by atoms with van der Waals surface area (Å²) >= 11 is 5.83. The zero-order valence-corrected chi connectivity index (χ0v) is 13.2. The Hall–Kier alpha value is -1.59. The molecule has 0 bridgehead atoms. The van der Waals surface area contributed by atoms with Crippen molar-refractivity contribution in [2.45, 2.75) is 19.4 Å². The van der Waals surface area contributed by atoms with Gasteiger partial charge < -0.3 is 10.1 Å². The molecule has 0 radical (unpaired) electrons. The number of esters is 1. The molecular formula is C15H21ClN2O3. The van der Waals surface area contributed by atoms with Crippen LogP contribution in [0.3, 0.4) is 0 Å². The number of amides is 1. The van der Waals surface area contributed by atoms with Gasteiger partial charge in [0.15, 0.2) is 0 Å². The van der Waals surface area contributed by atoms with Crippen LogP contribution >= 0.6 is 11.6 Å². The van der Waals surface area contributed by atoms with Crippen molar-refractivity contribution in [1.29, 1.82) is 0 Å². The van der Waals surface area contributed by atoms with Gasteiger partial charge in [-0.3, -0.25) is 14.5 Å². The van der Waals surface area contributed by atoms with Gasteiger partial charge in [-0.1, -0.05) is 23.7 Å². The monoisotopic (exact) mass is 312 g/mol. The molecule has 0 aliphatic carbocycles. The number of hydrogen-bond donors (Lipinski definition) is 1. The highest BCUT2D eigenvalue weighted by molar-refractivity contribution is 6.30. The van der Waals surface area contributed by atoms with Crippen molar-refractivity contribution < 1.29 is 14.3 Å². The summed E-state index contributed by atoms with van der Waals surface area (Å²) in [6.07, 6.45) is 0.900. The molecular weight excluding hydrogens is 292 g/mol. The molecule has 0 spiro atoms. The first-order valence-electron chi connectivity index (χ1n) is 6.77. The van der Waals surface area contributed by atoms with E-state index in [0.717, 1.165) is 5.56 Å². The van der Waals surface area contributed by atoms with E-state index in [0.29, 0.717) is 37.5 Å². The number of methoxy groups -OCH3 is 1. The SMILES string of the molecule is COC(=O)CCCNC(=O)CN(C)Cc1ccc(Cl)cc1. The molecule has 0 heterocycles. The number of rotatable bonds is 8. The third-order valence-electron chi connectivity index (χ3n) is 2.89. The molecule has 1 aromatic carbocycles. The van der Waals surface area contributed by atoms with E-state index in [1.165, 1.54) is 7.11 Å². The number of carbonyl (C=O) groups excluding carboxylic acids is 2. The summed E-state index contributed by atoms with van der Waals surface area (Å²) in [4.78, 5) is 24.5.